The molecule has 2 N–H and O–H groups in total. The molecule has 1 rings (SSSR count). The predicted molar refractivity (Wildman–Crippen MR) is 78.0 cm³/mol. The van der Waals surface area contributed by atoms with E-state index in [2.05, 4.69) is 57.5 Å². The number of urea groups is 1. The molecule has 0 heterocycles. The van der Waals surface area contributed by atoms with Crippen LogP contribution in [-0.4, -0.2) is 38.1 Å². The maximum Gasteiger partial charge on any atom is 0.316 e. The first-order valence-corrected chi connectivity index (χ1v) is 6.58. The highest BCUT2D eigenvalue weighted by molar-refractivity contribution is 14.1. The van der Waals surface area contributed by atoms with Crippen molar-refractivity contribution in [1.29, 1.82) is 0 Å². The zero-order chi connectivity index (χ0) is 12.7. The Hall–Kier alpha value is -0.820. The molecule has 0 aliphatic carbocycles. The Bertz CT molecular complexity index is 351. The third-order valence-electron chi connectivity index (χ3n) is 2.23. The summed E-state index contributed by atoms with van der Waals surface area (Å²) in [5, 5.41) is 6.08. The van der Waals surface area contributed by atoms with E-state index in [9.17, 15) is 4.79 Å². The number of amides is 2. The second kappa shape index (κ2) is 7.50. The number of nitrogens with one attached hydrogen (secondary N) is 2. The first-order valence-electron chi connectivity index (χ1n) is 5.50. The largest absolute Gasteiger partial charge is 0.337 e. The first-order chi connectivity index (χ1) is 8.09. The molecule has 1 aromatic carbocycles. The lowest BCUT2D eigenvalue weighted by Crippen LogP contribution is -2.38. The van der Waals surface area contributed by atoms with Crippen molar-refractivity contribution >= 4 is 28.6 Å². The van der Waals surface area contributed by atoms with Gasteiger partial charge in [-0.25, -0.2) is 4.79 Å². The number of nitrogens with zero attached hydrogens (tertiary/aromatic N) is 1. The van der Waals surface area contributed by atoms with Gasteiger partial charge in [-0.05, 0) is 40.3 Å². The van der Waals surface area contributed by atoms with Gasteiger partial charge >= 0.3 is 6.03 Å². The van der Waals surface area contributed by atoms with Crippen molar-refractivity contribution in [2.75, 3.05) is 27.2 Å². The van der Waals surface area contributed by atoms with Gasteiger partial charge in [0.1, 0.15) is 0 Å². The van der Waals surface area contributed by atoms with E-state index in [-0.39, 0.29) is 6.03 Å². The van der Waals surface area contributed by atoms with Crippen molar-refractivity contribution in [2.24, 2.45) is 0 Å². The van der Waals surface area contributed by atoms with Crippen molar-refractivity contribution in [3.05, 3.63) is 33.4 Å². The van der Waals surface area contributed by atoms with E-state index in [1.165, 1.54) is 14.0 Å². The van der Waals surface area contributed by atoms with Gasteiger partial charge in [0.05, 0.1) is 0 Å². The molecule has 0 spiro atoms. The van der Waals surface area contributed by atoms with Crippen LogP contribution >= 0.6 is 22.6 Å². The van der Waals surface area contributed by atoms with Gasteiger partial charge in [-0.1, -0.05) is 12.1 Å². The van der Waals surface area contributed by atoms with Crippen LogP contribution in [0.15, 0.2) is 24.3 Å². The van der Waals surface area contributed by atoms with E-state index < -0.39 is 0 Å². The zero-order valence-corrected chi connectivity index (χ0v) is 12.3. The number of hydrogen-bond donors (Lipinski definition) is 2. The molecule has 0 saturated heterocycles. The van der Waals surface area contributed by atoms with E-state index in [4.69, 9.17) is 0 Å². The maximum absolute atomic E-state index is 11.2. The molecule has 1 aromatic rings. The predicted octanol–water partition coefficient (Wildman–Crippen LogP) is 1.65. The van der Waals surface area contributed by atoms with Gasteiger partial charge < -0.3 is 15.5 Å². The summed E-state index contributed by atoms with van der Waals surface area (Å²) in [6.45, 7) is 2.24. The van der Waals surface area contributed by atoms with Crippen LogP contribution in [0.3, 0.4) is 0 Å². The monoisotopic (exact) mass is 347 g/mol. The molecule has 0 saturated carbocycles. The highest BCUT2D eigenvalue weighted by atomic mass is 127. The molecule has 0 aliphatic heterocycles. The van der Waals surface area contributed by atoms with Crippen molar-refractivity contribution in [2.45, 2.75) is 6.54 Å². The molecule has 2 amide bonds. The van der Waals surface area contributed by atoms with Crippen LogP contribution in [0.1, 0.15) is 5.56 Å². The Kier molecular flexibility index (Phi) is 6.28. The average Bonchev–Trinajstić information content (AvgIpc) is 2.30. The van der Waals surface area contributed by atoms with E-state index in [0.29, 0.717) is 6.54 Å². The summed E-state index contributed by atoms with van der Waals surface area (Å²) >= 11 is 2.29. The minimum Gasteiger partial charge on any atom is -0.337 e. The summed E-state index contributed by atoms with van der Waals surface area (Å²) in [6.07, 6.45) is 0. The van der Waals surface area contributed by atoms with Crippen LogP contribution in [0, 0.1) is 3.57 Å². The van der Waals surface area contributed by atoms with Crippen LogP contribution in [0.2, 0.25) is 0 Å². The second-order valence-corrected chi connectivity index (χ2v) is 5.18. The summed E-state index contributed by atoms with van der Waals surface area (Å²) in [7, 11) is 3.46. The number of benzene rings is 1. The summed E-state index contributed by atoms with van der Waals surface area (Å²) in [6, 6.07) is 8.33. The third kappa shape index (κ3) is 5.88. The van der Waals surface area contributed by atoms with E-state index >= 15 is 0 Å². The zero-order valence-electron chi connectivity index (χ0n) is 10.2. The smallest absolute Gasteiger partial charge is 0.316 e. The Morgan fingerprint density at radius 3 is 2.47 bits per heavy atom. The minimum absolute atomic E-state index is 0.0546. The van der Waals surface area contributed by atoms with Crippen molar-refractivity contribution < 1.29 is 4.79 Å². The fourth-order valence-electron chi connectivity index (χ4n) is 1.25. The lowest BCUT2D eigenvalue weighted by atomic mass is 10.2. The Labute approximate surface area is 116 Å². The van der Waals surface area contributed by atoms with E-state index in [1.807, 2.05) is 0 Å². The molecule has 17 heavy (non-hydrogen) atoms. The molecule has 5 heteroatoms. The summed E-state index contributed by atoms with van der Waals surface area (Å²) < 4.78 is 1.24. The average molecular weight is 347 g/mol. The van der Waals surface area contributed by atoms with Crippen LogP contribution in [-0.2, 0) is 6.54 Å². The number of hydrogen-bond acceptors (Lipinski definition) is 2. The Morgan fingerprint density at radius 2 is 1.88 bits per heavy atom. The summed E-state index contributed by atoms with van der Waals surface area (Å²) in [4.78, 5) is 12.7. The highest BCUT2D eigenvalue weighted by Gasteiger charge is 2.00. The number of carbonyl (C=O) groups excluding carboxylic acids is 1. The third-order valence-corrected chi connectivity index (χ3v) is 2.95. The fraction of sp³-hybridized carbons (Fsp3) is 0.417. The summed E-state index contributed by atoms with van der Waals surface area (Å²) in [5.74, 6) is 0. The lowest BCUT2D eigenvalue weighted by molar-refractivity contribution is 0.217. The molecule has 0 radical (unpaired) electrons. The fourth-order valence-corrected chi connectivity index (χ4v) is 1.61. The molecule has 0 aromatic heterocycles. The number of carbonyl (C=O) groups is 1. The molecule has 0 aliphatic rings. The summed E-state index contributed by atoms with van der Waals surface area (Å²) in [5.41, 5.74) is 1.25. The van der Waals surface area contributed by atoms with Crippen LogP contribution < -0.4 is 10.6 Å². The number of halogens is 1. The molecule has 4 nitrogen and oxygen atoms in total. The van der Waals surface area contributed by atoms with Gasteiger partial charge in [0.15, 0.2) is 0 Å². The lowest BCUT2D eigenvalue weighted by Gasteiger charge is -2.12. The SMILES string of the molecule is CN(C)C(=O)NCCNCc1ccc(I)cc1. The Balaban J connectivity index is 2.12. The van der Waals surface area contributed by atoms with Crippen LogP contribution in [0.4, 0.5) is 4.79 Å². The molecular weight excluding hydrogens is 329 g/mol. The van der Waals surface area contributed by atoms with Crippen LogP contribution in [0.5, 0.6) is 0 Å². The van der Waals surface area contributed by atoms with Crippen LogP contribution in [0.25, 0.3) is 0 Å². The van der Waals surface area contributed by atoms with E-state index in [0.717, 1.165) is 13.1 Å². The normalized spacial score (nSPS) is 10.1. The van der Waals surface area contributed by atoms with Gasteiger partial charge in [0, 0.05) is 37.3 Å². The molecule has 0 bridgehead atoms. The van der Waals surface area contributed by atoms with Crippen molar-refractivity contribution in [3.8, 4) is 0 Å². The topological polar surface area (TPSA) is 44.4 Å². The van der Waals surface area contributed by atoms with Gasteiger partial charge in [-0.2, -0.15) is 0 Å². The van der Waals surface area contributed by atoms with Crippen molar-refractivity contribution in [1.82, 2.24) is 15.5 Å². The molecule has 0 unspecified atom stereocenters. The maximum atomic E-state index is 11.2. The highest BCUT2D eigenvalue weighted by Crippen LogP contribution is 2.05. The first kappa shape index (κ1) is 14.2. The van der Waals surface area contributed by atoms with Gasteiger partial charge in [-0.15, -0.1) is 0 Å². The number of rotatable bonds is 5. The molecule has 0 fully saturated rings. The molecular formula is C12H18IN3O. The minimum atomic E-state index is -0.0546. The van der Waals surface area contributed by atoms with Gasteiger partial charge in [0.25, 0.3) is 0 Å². The second-order valence-electron chi connectivity index (χ2n) is 3.93. The van der Waals surface area contributed by atoms with Gasteiger partial charge in [0.2, 0.25) is 0 Å². The van der Waals surface area contributed by atoms with Crippen molar-refractivity contribution in [3.63, 3.8) is 0 Å². The van der Waals surface area contributed by atoms with E-state index in [1.54, 1.807) is 14.1 Å². The quantitative estimate of drug-likeness (QED) is 0.629. The standard InChI is InChI=1S/C12H18IN3O/c1-16(2)12(17)15-8-7-14-9-10-3-5-11(13)6-4-10/h3-6,14H,7-9H2,1-2H3,(H,15,17). The Morgan fingerprint density at radius 1 is 1.24 bits per heavy atom. The molecule has 0 atom stereocenters. The van der Waals surface area contributed by atoms with Gasteiger partial charge in [-0.3, -0.25) is 0 Å². The molecule has 94 valence electrons.